The van der Waals surface area contributed by atoms with Gasteiger partial charge in [0, 0.05) is 19.1 Å². The van der Waals surface area contributed by atoms with Gasteiger partial charge < -0.3 is 10.2 Å². The molecule has 0 aliphatic heterocycles. The van der Waals surface area contributed by atoms with E-state index in [1.807, 2.05) is 17.5 Å². The zero-order valence-electron chi connectivity index (χ0n) is 11.4. The Bertz CT molecular complexity index is 574. The highest BCUT2D eigenvalue weighted by Crippen LogP contribution is 2.24. The predicted molar refractivity (Wildman–Crippen MR) is 79.9 cm³/mol. The van der Waals surface area contributed by atoms with Gasteiger partial charge in [-0.1, -0.05) is 6.07 Å². The fraction of sp³-hybridized carbons (Fsp3) is 0.429. The summed E-state index contributed by atoms with van der Waals surface area (Å²) in [5, 5.41) is 11.9. The van der Waals surface area contributed by atoms with Gasteiger partial charge in [-0.05, 0) is 37.4 Å². The first-order valence-corrected chi connectivity index (χ1v) is 7.70. The van der Waals surface area contributed by atoms with Crippen LogP contribution in [0.4, 0.5) is 0 Å². The summed E-state index contributed by atoms with van der Waals surface area (Å²) in [6.07, 6.45) is 2.57. The number of hydrogen-bond donors (Lipinski definition) is 2. The SMILES string of the molecule is CN(CCNC(=O)c1cc(-c2cccs2)[nH]n1)C1CC1. The number of likely N-dealkylation sites (N-methyl/N-ethyl adjacent to an activating group) is 1. The average Bonchev–Trinajstić information content (AvgIpc) is 2.95. The second kappa shape index (κ2) is 5.76. The number of amides is 1. The van der Waals surface area contributed by atoms with Crippen molar-refractivity contribution in [3.05, 3.63) is 29.3 Å². The Morgan fingerprint density at radius 3 is 3.15 bits per heavy atom. The molecule has 2 aromatic heterocycles. The Balaban J connectivity index is 1.52. The zero-order chi connectivity index (χ0) is 13.9. The van der Waals surface area contributed by atoms with Gasteiger partial charge in [0.1, 0.15) is 0 Å². The number of aromatic nitrogens is 2. The van der Waals surface area contributed by atoms with Crippen molar-refractivity contribution in [1.29, 1.82) is 0 Å². The van der Waals surface area contributed by atoms with Crippen molar-refractivity contribution in [2.75, 3.05) is 20.1 Å². The lowest BCUT2D eigenvalue weighted by atomic mass is 10.3. The highest BCUT2D eigenvalue weighted by Gasteiger charge is 2.25. The molecule has 3 rings (SSSR count). The molecule has 0 saturated heterocycles. The van der Waals surface area contributed by atoms with Crippen molar-refractivity contribution >= 4 is 17.2 Å². The largest absolute Gasteiger partial charge is 0.349 e. The minimum atomic E-state index is -0.117. The number of hydrogen-bond acceptors (Lipinski definition) is 4. The number of thiophene rings is 1. The van der Waals surface area contributed by atoms with Crippen LogP contribution >= 0.6 is 11.3 Å². The number of nitrogens with one attached hydrogen (secondary N) is 2. The summed E-state index contributed by atoms with van der Waals surface area (Å²) in [4.78, 5) is 15.4. The monoisotopic (exact) mass is 290 g/mol. The van der Waals surface area contributed by atoms with Crippen molar-refractivity contribution in [3.8, 4) is 10.6 Å². The van der Waals surface area contributed by atoms with E-state index in [2.05, 4.69) is 27.5 Å². The third-order valence-corrected chi connectivity index (χ3v) is 4.42. The van der Waals surface area contributed by atoms with Crippen molar-refractivity contribution in [2.24, 2.45) is 0 Å². The van der Waals surface area contributed by atoms with E-state index < -0.39 is 0 Å². The molecule has 1 aliphatic rings. The lowest BCUT2D eigenvalue weighted by Crippen LogP contribution is -2.34. The van der Waals surface area contributed by atoms with E-state index in [9.17, 15) is 4.79 Å². The molecule has 0 radical (unpaired) electrons. The molecule has 1 fully saturated rings. The second-order valence-electron chi connectivity index (χ2n) is 5.11. The van der Waals surface area contributed by atoms with Crippen LogP contribution in [0, 0.1) is 0 Å². The van der Waals surface area contributed by atoms with Gasteiger partial charge in [-0.25, -0.2) is 0 Å². The Morgan fingerprint density at radius 1 is 1.60 bits per heavy atom. The summed E-state index contributed by atoms with van der Waals surface area (Å²) in [6.45, 7) is 1.55. The molecule has 1 amide bonds. The maximum absolute atomic E-state index is 12.0. The van der Waals surface area contributed by atoms with Crippen LogP contribution in [-0.4, -0.2) is 47.2 Å². The van der Waals surface area contributed by atoms with Crippen LogP contribution < -0.4 is 5.32 Å². The smallest absolute Gasteiger partial charge is 0.271 e. The molecule has 0 unspecified atom stereocenters. The number of aromatic amines is 1. The third kappa shape index (κ3) is 3.08. The van der Waals surface area contributed by atoms with Crippen LogP contribution in [0.25, 0.3) is 10.6 Å². The van der Waals surface area contributed by atoms with Crippen molar-refractivity contribution < 1.29 is 4.79 Å². The number of nitrogens with zero attached hydrogens (tertiary/aromatic N) is 2. The van der Waals surface area contributed by atoms with E-state index in [1.165, 1.54) is 12.8 Å². The van der Waals surface area contributed by atoms with E-state index in [0.717, 1.165) is 23.2 Å². The van der Waals surface area contributed by atoms with Gasteiger partial charge in [0.15, 0.2) is 5.69 Å². The van der Waals surface area contributed by atoms with Crippen molar-refractivity contribution in [3.63, 3.8) is 0 Å². The zero-order valence-corrected chi connectivity index (χ0v) is 12.2. The fourth-order valence-electron chi connectivity index (χ4n) is 2.13. The topological polar surface area (TPSA) is 61.0 Å². The van der Waals surface area contributed by atoms with E-state index >= 15 is 0 Å². The molecular formula is C14H18N4OS. The molecular weight excluding hydrogens is 272 g/mol. The molecule has 2 N–H and O–H groups in total. The van der Waals surface area contributed by atoms with Gasteiger partial charge in [0.2, 0.25) is 0 Å². The predicted octanol–water partition coefficient (Wildman–Crippen LogP) is 1.96. The van der Waals surface area contributed by atoms with E-state index in [4.69, 9.17) is 0 Å². The van der Waals surface area contributed by atoms with Crippen LogP contribution in [0.15, 0.2) is 23.6 Å². The van der Waals surface area contributed by atoms with Crippen LogP contribution in [0.2, 0.25) is 0 Å². The first-order chi connectivity index (χ1) is 9.74. The molecule has 1 aliphatic carbocycles. The highest BCUT2D eigenvalue weighted by atomic mass is 32.1. The van der Waals surface area contributed by atoms with Crippen molar-refractivity contribution in [1.82, 2.24) is 20.4 Å². The summed E-state index contributed by atoms with van der Waals surface area (Å²) in [6, 6.07) is 6.51. The molecule has 1 saturated carbocycles. The number of rotatable bonds is 6. The number of carbonyl (C=O) groups excluding carboxylic acids is 1. The first kappa shape index (κ1) is 13.3. The van der Waals surface area contributed by atoms with Gasteiger partial charge in [-0.15, -0.1) is 11.3 Å². The molecule has 0 atom stereocenters. The molecule has 5 nitrogen and oxygen atoms in total. The lowest BCUT2D eigenvalue weighted by Gasteiger charge is -2.15. The Morgan fingerprint density at radius 2 is 2.45 bits per heavy atom. The summed E-state index contributed by atoms with van der Waals surface area (Å²) in [5.74, 6) is -0.117. The minimum absolute atomic E-state index is 0.117. The summed E-state index contributed by atoms with van der Waals surface area (Å²) in [5.41, 5.74) is 1.34. The fourth-order valence-corrected chi connectivity index (χ4v) is 2.82. The average molecular weight is 290 g/mol. The van der Waals surface area contributed by atoms with Gasteiger partial charge in [-0.2, -0.15) is 5.10 Å². The van der Waals surface area contributed by atoms with Crippen LogP contribution in [-0.2, 0) is 0 Å². The molecule has 2 aromatic rings. The lowest BCUT2D eigenvalue weighted by molar-refractivity contribution is 0.0944. The Kier molecular flexibility index (Phi) is 3.84. The number of carbonyl (C=O) groups is 1. The minimum Gasteiger partial charge on any atom is -0.349 e. The molecule has 2 heterocycles. The second-order valence-corrected chi connectivity index (χ2v) is 6.06. The van der Waals surface area contributed by atoms with E-state index in [1.54, 1.807) is 17.4 Å². The number of H-pyrrole nitrogens is 1. The summed E-state index contributed by atoms with van der Waals surface area (Å²) < 4.78 is 0. The van der Waals surface area contributed by atoms with Gasteiger partial charge in [-0.3, -0.25) is 9.89 Å². The quantitative estimate of drug-likeness (QED) is 0.855. The van der Waals surface area contributed by atoms with Crippen LogP contribution in [0.1, 0.15) is 23.3 Å². The summed E-state index contributed by atoms with van der Waals surface area (Å²) >= 11 is 1.62. The molecule has 20 heavy (non-hydrogen) atoms. The first-order valence-electron chi connectivity index (χ1n) is 6.82. The van der Waals surface area contributed by atoms with E-state index in [-0.39, 0.29) is 5.91 Å². The Labute approximate surface area is 122 Å². The standard InChI is InChI=1S/C14H18N4OS/c1-18(10-4-5-10)7-6-15-14(19)12-9-11(16-17-12)13-3-2-8-20-13/h2-3,8-10H,4-7H2,1H3,(H,15,19)(H,16,17). The van der Waals surface area contributed by atoms with Gasteiger partial charge in [0.25, 0.3) is 5.91 Å². The van der Waals surface area contributed by atoms with Crippen LogP contribution in [0.3, 0.4) is 0 Å². The molecule has 6 heteroatoms. The van der Waals surface area contributed by atoms with Crippen LogP contribution in [0.5, 0.6) is 0 Å². The van der Waals surface area contributed by atoms with Crippen molar-refractivity contribution in [2.45, 2.75) is 18.9 Å². The van der Waals surface area contributed by atoms with E-state index in [0.29, 0.717) is 12.2 Å². The molecule has 0 aromatic carbocycles. The third-order valence-electron chi connectivity index (χ3n) is 3.52. The maximum Gasteiger partial charge on any atom is 0.271 e. The molecule has 0 spiro atoms. The molecule has 106 valence electrons. The highest BCUT2D eigenvalue weighted by molar-refractivity contribution is 7.13. The normalized spacial score (nSPS) is 14.7. The maximum atomic E-state index is 12.0. The molecule has 0 bridgehead atoms. The van der Waals surface area contributed by atoms with Gasteiger partial charge >= 0.3 is 0 Å². The summed E-state index contributed by atoms with van der Waals surface area (Å²) in [7, 11) is 2.10. The van der Waals surface area contributed by atoms with Gasteiger partial charge in [0.05, 0.1) is 10.6 Å². The Hall–Kier alpha value is -1.66.